The minimum Gasteiger partial charge on any atom is -0.476 e. The second-order valence-corrected chi connectivity index (χ2v) is 5.48. The minimum atomic E-state index is -1.10. The Labute approximate surface area is 127 Å². The van der Waals surface area contributed by atoms with Crippen molar-refractivity contribution in [3.63, 3.8) is 0 Å². The number of nitrogens with zero attached hydrogens (tertiary/aromatic N) is 2. The van der Waals surface area contributed by atoms with Gasteiger partial charge >= 0.3 is 5.97 Å². The summed E-state index contributed by atoms with van der Waals surface area (Å²) in [5, 5.41) is 13.8. The number of aromatic nitrogens is 2. The normalized spacial score (nSPS) is 11.0. The fourth-order valence-electron chi connectivity index (χ4n) is 2.23. The first-order chi connectivity index (χ1) is 10.1. The van der Waals surface area contributed by atoms with Crippen LogP contribution in [0.2, 0.25) is 0 Å². The highest BCUT2D eigenvalue weighted by Crippen LogP contribution is 2.22. The molecule has 106 valence electrons. The summed E-state index contributed by atoms with van der Waals surface area (Å²) >= 11 is 3.30. The Kier molecular flexibility index (Phi) is 3.47. The van der Waals surface area contributed by atoms with E-state index in [-0.39, 0.29) is 18.1 Å². The van der Waals surface area contributed by atoms with Gasteiger partial charge in [0.05, 0.1) is 12.1 Å². The zero-order valence-electron chi connectivity index (χ0n) is 10.8. The van der Waals surface area contributed by atoms with Gasteiger partial charge in [0, 0.05) is 15.4 Å². The SMILES string of the molecule is O=C(O)c1nn(Cc2cc(Br)ccc2F)c2ccccc12. The van der Waals surface area contributed by atoms with Crippen LogP contribution in [0.4, 0.5) is 4.39 Å². The third-order valence-corrected chi connectivity index (χ3v) is 3.68. The third kappa shape index (κ3) is 2.54. The van der Waals surface area contributed by atoms with Gasteiger partial charge in [-0.15, -0.1) is 0 Å². The van der Waals surface area contributed by atoms with Crippen molar-refractivity contribution < 1.29 is 14.3 Å². The van der Waals surface area contributed by atoms with Crippen molar-refractivity contribution in [2.45, 2.75) is 6.54 Å². The molecule has 0 saturated heterocycles. The number of halogens is 2. The number of carbonyl (C=O) groups is 1. The molecule has 1 heterocycles. The first kappa shape index (κ1) is 13.8. The van der Waals surface area contributed by atoms with Gasteiger partial charge < -0.3 is 5.11 Å². The van der Waals surface area contributed by atoms with E-state index in [4.69, 9.17) is 0 Å². The molecule has 0 aliphatic carbocycles. The van der Waals surface area contributed by atoms with Gasteiger partial charge in [-0.05, 0) is 24.3 Å². The lowest BCUT2D eigenvalue weighted by atomic mass is 10.2. The monoisotopic (exact) mass is 348 g/mol. The zero-order chi connectivity index (χ0) is 15.0. The fraction of sp³-hybridized carbons (Fsp3) is 0.0667. The third-order valence-electron chi connectivity index (χ3n) is 3.19. The molecule has 0 radical (unpaired) electrons. The van der Waals surface area contributed by atoms with Crippen LogP contribution in [0.1, 0.15) is 16.1 Å². The molecule has 3 aromatic rings. The molecule has 1 N–H and O–H groups in total. The lowest BCUT2D eigenvalue weighted by Gasteiger charge is -2.05. The molecule has 2 aromatic carbocycles. The van der Waals surface area contributed by atoms with Gasteiger partial charge in [0.15, 0.2) is 5.69 Å². The molecule has 0 saturated carbocycles. The molecule has 0 spiro atoms. The van der Waals surface area contributed by atoms with Gasteiger partial charge in [-0.2, -0.15) is 5.10 Å². The maximum atomic E-state index is 13.8. The van der Waals surface area contributed by atoms with Crippen LogP contribution in [-0.2, 0) is 6.54 Å². The van der Waals surface area contributed by atoms with Gasteiger partial charge in [0.1, 0.15) is 5.82 Å². The molecule has 0 fully saturated rings. The van der Waals surface area contributed by atoms with Crippen molar-refractivity contribution in [1.82, 2.24) is 9.78 Å². The van der Waals surface area contributed by atoms with E-state index in [9.17, 15) is 14.3 Å². The van der Waals surface area contributed by atoms with E-state index in [0.717, 1.165) is 4.47 Å². The van der Waals surface area contributed by atoms with E-state index >= 15 is 0 Å². The van der Waals surface area contributed by atoms with Crippen molar-refractivity contribution in [3.8, 4) is 0 Å². The van der Waals surface area contributed by atoms with E-state index in [1.807, 2.05) is 0 Å². The van der Waals surface area contributed by atoms with Crippen LogP contribution in [0.3, 0.4) is 0 Å². The number of fused-ring (bicyclic) bond motifs is 1. The van der Waals surface area contributed by atoms with Gasteiger partial charge in [-0.3, -0.25) is 4.68 Å². The smallest absolute Gasteiger partial charge is 0.357 e. The number of rotatable bonds is 3. The van der Waals surface area contributed by atoms with Crippen molar-refractivity contribution in [1.29, 1.82) is 0 Å². The molecular weight excluding hydrogens is 339 g/mol. The summed E-state index contributed by atoms with van der Waals surface area (Å²) < 4.78 is 16.1. The second-order valence-electron chi connectivity index (χ2n) is 4.56. The van der Waals surface area contributed by atoms with E-state index in [1.165, 1.54) is 10.7 Å². The van der Waals surface area contributed by atoms with Crippen LogP contribution in [0, 0.1) is 5.82 Å². The Morgan fingerprint density at radius 2 is 2.05 bits per heavy atom. The number of aromatic carboxylic acids is 1. The molecule has 21 heavy (non-hydrogen) atoms. The predicted octanol–water partition coefficient (Wildman–Crippen LogP) is 3.68. The summed E-state index contributed by atoms with van der Waals surface area (Å²) in [5.74, 6) is -1.45. The Morgan fingerprint density at radius 1 is 1.29 bits per heavy atom. The van der Waals surface area contributed by atoms with Crippen molar-refractivity contribution in [2.24, 2.45) is 0 Å². The highest BCUT2D eigenvalue weighted by Gasteiger charge is 2.16. The average molecular weight is 349 g/mol. The highest BCUT2D eigenvalue weighted by molar-refractivity contribution is 9.10. The summed E-state index contributed by atoms with van der Waals surface area (Å²) in [6, 6.07) is 11.6. The van der Waals surface area contributed by atoms with Crippen LogP contribution in [0.5, 0.6) is 0 Å². The quantitative estimate of drug-likeness (QED) is 0.785. The summed E-state index contributed by atoms with van der Waals surface area (Å²) in [7, 11) is 0. The molecule has 0 aliphatic heterocycles. The summed E-state index contributed by atoms with van der Waals surface area (Å²) in [6.07, 6.45) is 0. The van der Waals surface area contributed by atoms with Crippen LogP contribution in [-0.4, -0.2) is 20.9 Å². The lowest BCUT2D eigenvalue weighted by molar-refractivity contribution is 0.0691. The number of benzene rings is 2. The Hall–Kier alpha value is -2.21. The molecular formula is C15H10BrFN2O2. The maximum Gasteiger partial charge on any atom is 0.357 e. The molecule has 0 bridgehead atoms. The summed E-state index contributed by atoms with van der Waals surface area (Å²) in [4.78, 5) is 11.2. The lowest BCUT2D eigenvalue weighted by Crippen LogP contribution is -2.06. The van der Waals surface area contributed by atoms with E-state index in [2.05, 4.69) is 21.0 Å². The summed E-state index contributed by atoms with van der Waals surface area (Å²) in [6.45, 7) is 0.166. The molecule has 1 aromatic heterocycles. The number of hydrogen-bond acceptors (Lipinski definition) is 2. The first-order valence-corrected chi connectivity index (χ1v) is 6.98. The first-order valence-electron chi connectivity index (χ1n) is 6.19. The van der Waals surface area contributed by atoms with Crippen molar-refractivity contribution in [2.75, 3.05) is 0 Å². The number of carboxylic acids is 1. The Balaban J connectivity index is 2.13. The molecule has 4 nitrogen and oxygen atoms in total. The standard InChI is InChI=1S/C15H10BrFN2O2/c16-10-5-6-12(17)9(7-10)8-19-13-4-2-1-3-11(13)14(18-19)15(20)21/h1-7H,8H2,(H,20,21). The molecule has 0 atom stereocenters. The van der Waals surface area contributed by atoms with Crippen LogP contribution < -0.4 is 0 Å². The number of para-hydroxylation sites is 1. The molecule has 0 amide bonds. The second kappa shape index (κ2) is 5.29. The van der Waals surface area contributed by atoms with Crippen LogP contribution in [0.15, 0.2) is 46.9 Å². The Bertz CT molecular complexity index is 845. The average Bonchev–Trinajstić information content (AvgIpc) is 2.82. The molecule has 3 rings (SSSR count). The van der Waals surface area contributed by atoms with Gasteiger partial charge in [0.25, 0.3) is 0 Å². The predicted molar refractivity (Wildman–Crippen MR) is 79.9 cm³/mol. The van der Waals surface area contributed by atoms with Gasteiger partial charge in [-0.1, -0.05) is 34.1 Å². The molecule has 0 unspecified atom stereocenters. The van der Waals surface area contributed by atoms with Crippen LogP contribution >= 0.6 is 15.9 Å². The zero-order valence-corrected chi connectivity index (χ0v) is 12.3. The number of hydrogen-bond donors (Lipinski definition) is 1. The van der Waals surface area contributed by atoms with Crippen molar-refractivity contribution >= 4 is 32.8 Å². The topological polar surface area (TPSA) is 55.1 Å². The molecule has 0 aliphatic rings. The Morgan fingerprint density at radius 3 is 2.81 bits per heavy atom. The number of carboxylic acid groups (broad SMARTS) is 1. The molecule has 6 heteroatoms. The van der Waals surface area contributed by atoms with Crippen molar-refractivity contribution in [3.05, 3.63) is 64.0 Å². The van der Waals surface area contributed by atoms with Crippen LogP contribution in [0.25, 0.3) is 10.9 Å². The van der Waals surface area contributed by atoms with E-state index in [0.29, 0.717) is 16.5 Å². The van der Waals surface area contributed by atoms with Gasteiger partial charge in [0.2, 0.25) is 0 Å². The largest absolute Gasteiger partial charge is 0.476 e. The van der Waals surface area contributed by atoms with Gasteiger partial charge in [-0.25, -0.2) is 9.18 Å². The van der Waals surface area contributed by atoms with E-state index in [1.54, 1.807) is 36.4 Å². The fourth-order valence-corrected chi connectivity index (χ4v) is 2.64. The summed E-state index contributed by atoms with van der Waals surface area (Å²) in [5.41, 5.74) is 1.07. The van der Waals surface area contributed by atoms with E-state index < -0.39 is 5.97 Å². The minimum absolute atomic E-state index is 0.0268. The highest BCUT2D eigenvalue weighted by atomic mass is 79.9. The maximum absolute atomic E-state index is 13.8.